The van der Waals surface area contributed by atoms with E-state index in [0.29, 0.717) is 18.8 Å². The fourth-order valence-electron chi connectivity index (χ4n) is 3.27. The first-order valence-corrected chi connectivity index (χ1v) is 11.1. The van der Waals surface area contributed by atoms with Crippen LogP contribution in [0.25, 0.3) is 0 Å². The molecule has 11 nitrogen and oxygen atoms in total. The first-order valence-electron chi connectivity index (χ1n) is 9.70. The number of imide groups is 1. The molecule has 0 bridgehead atoms. The second kappa shape index (κ2) is 8.63. The number of carbonyl (C=O) groups excluding carboxylic acids is 4. The summed E-state index contributed by atoms with van der Waals surface area (Å²) in [6.07, 6.45) is 1.67. The van der Waals surface area contributed by atoms with Crippen molar-refractivity contribution in [2.75, 3.05) is 31.6 Å². The molecule has 0 aromatic heterocycles. The fourth-order valence-corrected chi connectivity index (χ4v) is 4.78. The average molecular weight is 452 g/mol. The van der Waals surface area contributed by atoms with E-state index in [1.807, 2.05) is 0 Å². The van der Waals surface area contributed by atoms with Gasteiger partial charge in [0, 0.05) is 18.8 Å². The van der Waals surface area contributed by atoms with E-state index < -0.39 is 52.5 Å². The highest BCUT2D eigenvalue weighted by molar-refractivity contribution is 7.89. The van der Waals surface area contributed by atoms with Crippen molar-refractivity contribution in [3.8, 4) is 0 Å². The predicted octanol–water partition coefficient (Wildman–Crippen LogP) is 0.283. The maximum atomic E-state index is 12.5. The molecule has 31 heavy (non-hydrogen) atoms. The minimum absolute atomic E-state index is 0.135. The molecule has 3 rings (SSSR count). The summed E-state index contributed by atoms with van der Waals surface area (Å²) in [6.45, 7) is 2.77. The van der Waals surface area contributed by atoms with Gasteiger partial charge in [-0.15, -0.1) is 0 Å². The standard InChI is InChI=1S/C19H24N4O7S/c1-19(2)17(26)23(18(27)21-19)11-16(25)30-12-15(24)20-13-5-7-14(8-6-13)31(28,29)22-9-3-4-10-22/h5-8H,3-4,9-12H2,1-2H3,(H,20,24)(H,21,27). The molecule has 168 valence electrons. The van der Waals surface area contributed by atoms with Crippen LogP contribution in [0.1, 0.15) is 26.7 Å². The minimum Gasteiger partial charge on any atom is -0.454 e. The number of carbonyl (C=O) groups is 4. The van der Waals surface area contributed by atoms with Gasteiger partial charge < -0.3 is 15.4 Å². The summed E-state index contributed by atoms with van der Waals surface area (Å²) in [5.74, 6) is -2.13. The molecule has 1 aromatic rings. The normalized spacial score (nSPS) is 18.7. The van der Waals surface area contributed by atoms with Crippen LogP contribution in [0.3, 0.4) is 0 Å². The Morgan fingerprint density at radius 1 is 1.13 bits per heavy atom. The Balaban J connectivity index is 1.49. The van der Waals surface area contributed by atoms with E-state index in [0.717, 1.165) is 17.7 Å². The van der Waals surface area contributed by atoms with Crippen LogP contribution in [0, 0.1) is 0 Å². The largest absolute Gasteiger partial charge is 0.454 e. The lowest BCUT2D eigenvalue weighted by atomic mass is 10.1. The Bertz CT molecular complexity index is 999. The molecular formula is C19H24N4O7S. The van der Waals surface area contributed by atoms with E-state index in [-0.39, 0.29) is 4.90 Å². The van der Waals surface area contributed by atoms with Crippen molar-refractivity contribution in [1.82, 2.24) is 14.5 Å². The van der Waals surface area contributed by atoms with Gasteiger partial charge in [-0.3, -0.25) is 19.3 Å². The second-order valence-electron chi connectivity index (χ2n) is 7.79. The lowest BCUT2D eigenvalue weighted by Crippen LogP contribution is -2.41. The van der Waals surface area contributed by atoms with Crippen molar-refractivity contribution in [1.29, 1.82) is 0 Å². The Labute approximate surface area is 179 Å². The first-order chi connectivity index (χ1) is 14.5. The molecule has 0 radical (unpaired) electrons. The minimum atomic E-state index is -3.55. The number of esters is 1. The summed E-state index contributed by atoms with van der Waals surface area (Å²) >= 11 is 0. The van der Waals surface area contributed by atoms with Crippen molar-refractivity contribution in [3.05, 3.63) is 24.3 Å². The topological polar surface area (TPSA) is 142 Å². The quantitative estimate of drug-likeness (QED) is 0.447. The number of sulfonamides is 1. The van der Waals surface area contributed by atoms with Crippen LogP contribution < -0.4 is 10.6 Å². The van der Waals surface area contributed by atoms with Gasteiger partial charge >= 0.3 is 12.0 Å². The van der Waals surface area contributed by atoms with Crippen LogP contribution in [0.4, 0.5) is 10.5 Å². The molecular weight excluding hydrogens is 428 g/mol. The molecule has 2 aliphatic rings. The van der Waals surface area contributed by atoms with Gasteiger partial charge in [0.1, 0.15) is 12.1 Å². The van der Waals surface area contributed by atoms with Gasteiger partial charge in [-0.05, 0) is 51.0 Å². The Morgan fingerprint density at radius 2 is 1.74 bits per heavy atom. The molecule has 2 N–H and O–H groups in total. The zero-order chi connectivity index (χ0) is 22.8. The molecule has 12 heteroatoms. The highest BCUT2D eigenvalue weighted by Crippen LogP contribution is 2.22. The van der Waals surface area contributed by atoms with Crippen molar-refractivity contribution in [2.24, 2.45) is 0 Å². The van der Waals surface area contributed by atoms with E-state index in [2.05, 4.69) is 10.6 Å². The monoisotopic (exact) mass is 452 g/mol. The summed E-state index contributed by atoms with van der Waals surface area (Å²) in [4.78, 5) is 48.6. The van der Waals surface area contributed by atoms with Crippen LogP contribution in [0.15, 0.2) is 29.2 Å². The number of nitrogens with zero attached hydrogens (tertiary/aromatic N) is 2. The van der Waals surface area contributed by atoms with Gasteiger partial charge in [-0.2, -0.15) is 4.31 Å². The zero-order valence-corrected chi connectivity index (χ0v) is 18.0. The average Bonchev–Trinajstić information content (AvgIpc) is 3.31. The van der Waals surface area contributed by atoms with Crippen LogP contribution >= 0.6 is 0 Å². The Morgan fingerprint density at radius 3 is 2.29 bits per heavy atom. The third-order valence-electron chi connectivity index (χ3n) is 4.94. The van der Waals surface area contributed by atoms with Crippen molar-refractivity contribution in [3.63, 3.8) is 0 Å². The molecule has 0 aliphatic carbocycles. The van der Waals surface area contributed by atoms with Gasteiger partial charge in [0.15, 0.2) is 6.61 Å². The highest BCUT2D eigenvalue weighted by atomic mass is 32.2. The third kappa shape index (κ3) is 5.02. The predicted molar refractivity (Wildman–Crippen MR) is 108 cm³/mol. The van der Waals surface area contributed by atoms with Crippen LogP contribution in [0.2, 0.25) is 0 Å². The van der Waals surface area contributed by atoms with E-state index in [1.165, 1.54) is 42.4 Å². The molecule has 1 aromatic carbocycles. The van der Waals surface area contributed by atoms with E-state index in [4.69, 9.17) is 4.74 Å². The number of hydrogen-bond acceptors (Lipinski definition) is 7. The molecule has 4 amide bonds. The molecule has 2 saturated heterocycles. The fraction of sp³-hybridized carbons (Fsp3) is 0.474. The summed E-state index contributed by atoms with van der Waals surface area (Å²) in [7, 11) is -3.55. The maximum Gasteiger partial charge on any atom is 0.326 e. The molecule has 2 aliphatic heterocycles. The number of amides is 4. The van der Waals surface area contributed by atoms with Gasteiger partial charge in [-0.25, -0.2) is 13.2 Å². The Hall–Kier alpha value is -2.99. The number of ether oxygens (including phenoxy) is 1. The van der Waals surface area contributed by atoms with Crippen molar-refractivity contribution >= 4 is 39.5 Å². The molecule has 0 saturated carbocycles. The van der Waals surface area contributed by atoms with Gasteiger partial charge in [0.2, 0.25) is 10.0 Å². The van der Waals surface area contributed by atoms with Crippen molar-refractivity contribution in [2.45, 2.75) is 37.1 Å². The number of rotatable bonds is 7. The Kier molecular flexibility index (Phi) is 6.32. The number of anilines is 1. The van der Waals surface area contributed by atoms with Gasteiger partial charge in [0.25, 0.3) is 11.8 Å². The third-order valence-corrected chi connectivity index (χ3v) is 6.85. The summed E-state index contributed by atoms with van der Waals surface area (Å²) in [5.41, 5.74) is -0.777. The number of nitrogens with one attached hydrogen (secondary N) is 2. The van der Waals surface area contributed by atoms with E-state index >= 15 is 0 Å². The SMILES string of the molecule is CC1(C)NC(=O)N(CC(=O)OCC(=O)Nc2ccc(S(=O)(=O)N3CCCC3)cc2)C1=O. The van der Waals surface area contributed by atoms with Gasteiger partial charge in [-0.1, -0.05) is 0 Å². The number of hydrogen-bond donors (Lipinski definition) is 2. The van der Waals surface area contributed by atoms with E-state index in [1.54, 1.807) is 0 Å². The first kappa shape index (κ1) is 22.7. The molecule has 0 atom stereocenters. The molecule has 2 heterocycles. The maximum absolute atomic E-state index is 12.5. The molecule has 0 spiro atoms. The number of benzene rings is 1. The summed E-state index contributed by atoms with van der Waals surface area (Å²) < 4.78 is 31.2. The van der Waals surface area contributed by atoms with E-state index in [9.17, 15) is 27.6 Å². The molecule has 0 unspecified atom stereocenters. The smallest absolute Gasteiger partial charge is 0.326 e. The molecule has 2 fully saturated rings. The summed E-state index contributed by atoms with van der Waals surface area (Å²) in [6, 6.07) is 4.97. The lowest BCUT2D eigenvalue weighted by molar-refractivity contribution is -0.150. The summed E-state index contributed by atoms with van der Waals surface area (Å²) in [5, 5.41) is 4.92. The van der Waals surface area contributed by atoms with Crippen molar-refractivity contribution < 1.29 is 32.3 Å². The van der Waals surface area contributed by atoms with Crippen LogP contribution in [-0.2, 0) is 29.1 Å². The van der Waals surface area contributed by atoms with Gasteiger partial charge in [0.05, 0.1) is 4.90 Å². The zero-order valence-electron chi connectivity index (χ0n) is 17.2. The second-order valence-corrected chi connectivity index (χ2v) is 9.73. The number of urea groups is 1. The highest BCUT2D eigenvalue weighted by Gasteiger charge is 2.45. The lowest BCUT2D eigenvalue weighted by Gasteiger charge is -2.16. The van der Waals surface area contributed by atoms with Crippen LogP contribution in [-0.4, -0.2) is 73.2 Å². The van der Waals surface area contributed by atoms with Crippen LogP contribution in [0.5, 0.6) is 0 Å².